The van der Waals surface area contributed by atoms with Crippen molar-refractivity contribution in [2.24, 2.45) is 5.41 Å². The van der Waals surface area contributed by atoms with Gasteiger partial charge in [0.15, 0.2) is 10.1 Å². The molecule has 0 saturated carbocycles. The normalized spacial score (nSPS) is 16.4. The minimum atomic E-state index is -7.39. The van der Waals surface area contributed by atoms with Gasteiger partial charge in [-0.15, -0.1) is 0 Å². The summed E-state index contributed by atoms with van der Waals surface area (Å²) in [7, 11) is -14.3. The van der Waals surface area contributed by atoms with Gasteiger partial charge in [-0.05, 0) is 70.6 Å². The van der Waals surface area contributed by atoms with Crippen LogP contribution in [0, 0.1) is 5.41 Å². The van der Waals surface area contributed by atoms with E-state index < -0.39 is 59.4 Å². The van der Waals surface area contributed by atoms with E-state index in [0.717, 1.165) is 12.1 Å². The maximum atomic E-state index is 13.9. The average molecular weight is 600 g/mol. The van der Waals surface area contributed by atoms with Gasteiger partial charge in [0.05, 0.1) is 5.41 Å². The van der Waals surface area contributed by atoms with Gasteiger partial charge in [0.25, 0.3) is 0 Å². The molecule has 0 saturated heterocycles. The van der Waals surface area contributed by atoms with E-state index in [0.29, 0.717) is 24.8 Å². The number of halogens is 6. The molecular weight excluding hydrogens is 570 g/mol. The zero-order valence-electron chi connectivity index (χ0n) is 21.4. The fraction of sp³-hybridized carbons (Fsp3) is 0.682. The fourth-order valence-electron chi connectivity index (χ4n) is 3.04. The molecule has 1 aromatic rings. The van der Waals surface area contributed by atoms with Crippen LogP contribution in [0.15, 0.2) is 24.3 Å². The topological polar surface area (TPSA) is 127 Å². The summed E-state index contributed by atoms with van der Waals surface area (Å²) in [5.74, 6) is -8.81. The molecule has 0 N–H and O–H groups in total. The molecule has 0 aromatic heterocycles. The van der Waals surface area contributed by atoms with Crippen molar-refractivity contribution in [1.82, 2.24) is 0 Å². The smallest absolute Gasteiger partial charge is 0.450 e. The molecule has 0 bridgehead atoms. The summed E-state index contributed by atoms with van der Waals surface area (Å²) < 4.78 is 146. The third-order valence-electron chi connectivity index (χ3n) is 5.82. The lowest BCUT2D eigenvalue weighted by atomic mass is 9.79. The third kappa shape index (κ3) is 6.92. The van der Waals surface area contributed by atoms with Crippen molar-refractivity contribution in [2.45, 2.75) is 88.8 Å². The van der Waals surface area contributed by atoms with E-state index in [2.05, 4.69) is 4.18 Å². The van der Waals surface area contributed by atoms with E-state index in [9.17, 15) is 52.5 Å². The van der Waals surface area contributed by atoms with Crippen molar-refractivity contribution in [3.63, 3.8) is 0 Å². The lowest BCUT2D eigenvalue weighted by molar-refractivity contribution is -0.247. The van der Waals surface area contributed by atoms with Crippen LogP contribution in [0.1, 0.15) is 72.3 Å². The molecule has 1 rings (SSSR count). The lowest BCUT2D eigenvalue weighted by Gasteiger charge is -2.32. The second-order valence-electron chi connectivity index (χ2n) is 10.0. The van der Waals surface area contributed by atoms with Gasteiger partial charge in [-0.1, -0.05) is 26.0 Å². The summed E-state index contributed by atoms with van der Waals surface area (Å²) in [6.45, 7) is 10.4. The molecule has 0 spiro atoms. The summed E-state index contributed by atoms with van der Waals surface area (Å²) in [5, 5.41) is -13.8. The first-order chi connectivity index (χ1) is 16.8. The molecule has 2 unspecified atom stereocenters. The van der Waals surface area contributed by atoms with Crippen molar-refractivity contribution < 1.29 is 61.4 Å². The first-order valence-corrected chi connectivity index (χ1v) is 13.9. The van der Waals surface area contributed by atoms with E-state index in [-0.39, 0.29) is 5.92 Å². The Hall–Kier alpha value is -2.07. The SMILES string of the molecule is CCC(C)(CCC(C)c1ccc(OS(=O)(=O)C(F)(F)C(F)(F)C(F)(F)S(=O)(=O)[O-])cc1)C(=O)OC(C)(C)C. The Morgan fingerprint density at radius 3 is 1.79 bits per heavy atom. The Bertz CT molecular complexity index is 1210. The van der Waals surface area contributed by atoms with Crippen molar-refractivity contribution in [2.75, 3.05) is 0 Å². The molecular formula is C22H29F6O8S2-. The Morgan fingerprint density at radius 2 is 1.39 bits per heavy atom. The molecule has 8 nitrogen and oxygen atoms in total. The summed E-state index contributed by atoms with van der Waals surface area (Å²) in [5.41, 5.74) is -1.02. The van der Waals surface area contributed by atoms with Crippen molar-refractivity contribution in [3.8, 4) is 5.75 Å². The van der Waals surface area contributed by atoms with Gasteiger partial charge in [-0.2, -0.15) is 34.8 Å². The van der Waals surface area contributed by atoms with Gasteiger partial charge in [0, 0.05) is 0 Å². The van der Waals surface area contributed by atoms with Gasteiger partial charge >= 0.3 is 32.5 Å². The number of hydrogen-bond donors (Lipinski definition) is 0. The van der Waals surface area contributed by atoms with Crippen molar-refractivity contribution in [3.05, 3.63) is 29.8 Å². The van der Waals surface area contributed by atoms with Crippen LogP contribution in [0.5, 0.6) is 5.75 Å². The number of rotatable bonds is 12. The number of esters is 1. The number of benzene rings is 1. The highest BCUT2D eigenvalue weighted by atomic mass is 32.2. The number of ether oxygens (including phenoxy) is 1. The van der Waals surface area contributed by atoms with E-state index in [1.54, 1.807) is 34.6 Å². The molecule has 16 heteroatoms. The summed E-state index contributed by atoms with van der Waals surface area (Å²) >= 11 is 0. The zero-order valence-corrected chi connectivity index (χ0v) is 23.0. The molecule has 2 atom stereocenters. The summed E-state index contributed by atoms with van der Waals surface area (Å²) in [6.07, 6.45) is 1.26. The molecule has 0 aliphatic carbocycles. The highest BCUT2D eigenvalue weighted by molar-refractivity contribution is 7.88. The molecule has 0 heterocycles. The molecule has 38 heavy (non-hydrogen) atoms. The van der Waals surface area contributed by atoms with E-state index >= 15 is 0 Å². The average Bonchev–Trinajstić information content (AvgIpc) is 2.75. The largest absolute Gasteiger partial charge is 0.743 e. The molecule has 1 aromatic carbocycles. The lowest BCUT2D eigenvalue weighted by Crippen LogP contribution is -2.61. The van der Waals surface area contributed by atoms with Gasteiger partial charge < -0.3 is 13.5 Å². The minimum absolute atomic E-state index is 0.277. The van der Waals surface area contributed by atoms with Crippen LogP contribution in [0.25, 0.3) is 0 Å². The van der Waals surface area contributed by atoms with Gasteiger partial charge in [0.1, 0.15) is 11.4 Å². The molecule has 0 aliphatic heterocycles. The Morgan fingerprint density at radius 1 is 0.921 bits per heavy atom. The second kappa shape index (κ2) is 10.8. The van der Waals surface area contributed by atoms with Crippen LogP contribution in [0.3, 0.4) is 0 Å². The molecule has 220 valence electrons. The predicted molar refractivity (Wildman–Crippen MR) is 122 cm³/mol. The molecule has 0 fully saturated rings. The third-order valence-corrected chi connectivity index (χ3v) is 8.00. The van der Waals surface area contributed by atoms with E-state index in [4.69, 9.17) is 4.74 Å². The fourth-order valence-corrected chi connectivity index (χ4v) is 4.46. The van der Waals surface area contributed by atoms with Crippen LogP contribution < -0.4 is 4.18 Å². The van der Waals surface area contributed by atoms with Crippen molar-refractivity contribution in [1.29, 1.82) is 0 Å². The Labute approximate surface area is 217 Å². The van der Waals surface area contributed by atoms with Gasteiger partial charge in [0.2, 0.25) is 0 Å². The minimum Gasteiger partial charge on any atom is -0.743 e. The molecule has 0 aliphatic rings. The summed E-state index contributed by atoms with van der Waals surface area (Å²) in [4.78, 5) is 12.6. The van der Waals surface area contributed by atoms with Gasteiger partial charge in [-0.3, -0.25) is 4.79 Å². The van der Waals surface area contributed by atoms with Crippen LogP contribution in [0.4, 0.5) is 26.3 Å². The number of carbonyl (C=O) groups is 1. The van der Waals surface area contributed by atoms with Crippen LogP contribution in [-0.2, 0) is 29.8 Å². The zero-order chi connectivity index (χ0) is 30.2. The van der Waals surface area contributed by atoms with Gasteiger partial charge in [-0.25, -0.2) is 8.42 Å². The Balaban J connectivity index is 3.07. The first-order valence-electron chi connectivity index (χ1n) is 11.1. The maximum Gasteiger partial charge on any atom is 0.450 e. The number of hydrogen-bond acceptors (Lipinski definition) is 8. The van der Waals surface area contributed by atoms with Crippen LogP contribution >= 0.6 is 0 Å². The second-order valence-corrected chi connectivity index (χ2v) is 13.0. The van der Waals surface area contributed by atoms with E-state index in [1.807, 2.05) is 6.92 Å². The number of carbonyl (C=O) groups excluding carboxylic acids is 1. The predicted octanol–water partition coefficient (Wildman–Crippen LogP) is 5.40. The number of alkyl halides is 6. The first kappa shape index (κ1) is 34.0. The van der Waals surface area contributed by atoms with Crippen LogP contribution in [0.2, 0.25) is 0 Å². The highest BCUT2D eigenvalue weighted by Crippen LogP contribution is 2.51. The molecule has 0 radical (unpaired) electrons. The van der Waals surface area contributed by atoms with Crippen LogP contribution in [-0.4, -0.2) is 49.4 Å². The Kier molecular flexibility index (Phi) is 9.68. The van der Waals surface area contributed by atoms with Crippen molar-refractivity contribution >= 4 is 26.2 Å². The molecule has 0 amide bonds. The quantitative estimate of drug-likeness (QED) is 0.135. The standard InChI is InChI=1S/C22H30F6O8S2/c1-7-19(6,17(29)35-18(3,4)5)13-12-14(2)15-8-10-16(11-9-15)36-38(33,34)22(27,28)20(23,24)21(25,26)37(30,31)32/h8-11,14H,7,12-13H2,1-6H3,(H,30,31,32)/p-1. The maximum absolute atomic E-state index is 13.9. The highest BCUT2D eigenvalue weighted by Gasteiger charge is 2.81. The monoisotopic (exact) mass is 599 g/mol. The summed E-state index contributed by atoms with van der Waals surface area (Å²) in [6, 6.07) is 3.96. The van der Waals surface area contributed by atoms with E-state index in [1.165, 1.54) is 12.1 Å².